The first-order valence-corrected chi connectivity index (χ1v) is 9.49. The number of likely N-dealkylation sites (tertiary alicyclic amines) is 1. The van der Waals surface area contributed by atoms with Crippen LogP contribution in [0.5, 0.6) is 0 Å². The molecule has 0 aliphatic carbocycles. The maximum atomic E-state index is 9.36. The number of aromatic nitrogens is 3. The molecule has 3 heterocycles. The van der Waals surface area contributed by atoms with Gasteiger partial charge >= 0.3 is 0 Å². The summed E-state index contributed by atoms with van der Waals surface area (Å²) in [4.78, 5) is 7.22. The summed E-state index contributed by atoms with van der Waals surface area (Å²) < 4.78 is 7.61. The monoisotopic (exact) mass is 369 g/mol. The van der Waals surface area contributed by atoms with Gasteiger partial charge in [0.15, 0.2) is 0 Å². The smallest absolute Gasteiger partial charge is 0.141 e. The molecule has 7 heteroatoms. The third kappa shape index (κ3) is 3.16. The van der Waals surface area contributed by atoms with Crippen LogP contribution in [0.15, 0.2) is 22.7 Å². The molecule has 1 aliphatic heterocycles. The van der Waals surface area contributed by atoms with Crippen LogP contribution in [0.4, 0.5) is 0 Å². The molecule has 1 aromatic carbocycles. The summed E-state index contributed by atoms with van der Waals surface area (Å²) in [5.41, 5.74) is 11.3. The summed E-state index contributed by atoms with van der Waals surface area (Å²) in [7, 11) is 2.14. The molecule has 27 heavy (non-hydrogen) atoms. The molecule has 2 atom stereocenters. The SMILES string of the molecule is Cc1noc(C)c1-c1ccc2c(c1)nc([C@@H](N)CCO)n2[C@@H]1CCN(C)C1. The van der Waals surface area contributed by atoms with Crippen LogP contribution in [0.1, 0.15) is 42.2 Å². The second kappa shape index (κ2) is 7.07. The normalized spacial score (nSPS) is 19.2. The summed E-state index contributed by atoms with van der Waals surface area (Å²) >= 11 is 0. The number of hydrogen-bond acceptors (Lipinski definition) is 6. The van der Waals surface area contributed by atoms with E-state index < -0.39 is 0 Å². The van der Waals surface area contributed by atoms with Gasteiger partial charge in [-0.2, -0.15) is 0 Å². The quantitative estimate of drug-likeness (QED) is 0.718. The number of nitrogens with zero attached hydrogens (tertiary/aromatic N) is 4. The zero-order chi connectivity index (χ0) is 19.1. The van der Waals surface area contributed by atoms with Gasteiger partial charge in [0, 0.05) is 24.8 Å². The summed E-state index contributed by atoms with van der Waals surface area (Å²) in [6.45, 7) is 5.98. The van der Waals surface area contributed by atoms with Crippen molar-refractivity contribution in [1.82, 2.24) is 19.6 Å². The van der Waals surface area contributed by atoms with Gasteiger partial charge < -0.3 is 24.8 Å². The lowest BCUT2D eigenvalue weighted by Gasteiger charge is -2.20. The first kappa shape index (κ1) is 18.2. The van der Waals surface area contributed by atoms with E-state index >= 15 is 0 Å². The largest absolute Gasteiger partial charge is 0.396 e. The Morgan fingerprint density at radius 2 is 2.19 bits per heavy atom. The Morgan fingerprint density at radius 3 is 2.81 bits per heavy atom. The van der Waals surface area contributed by atoms with Crippen molar-refractivity contribution < 1.29 is 9.63 Å². The highest BCUT2D eigenvalue weighted by molar-refractivity contribution is 5.84. The van der Waals surface area contributed by atoms with Gasteiger partial charge in [0.25, 0.3) is 0 Å². The minimum absolute atomic E-state index is 0.0548. The number of hydrogen-bond donors (Lipinski definition) is 2. The van der Waals surface area contributed by atoms with Gasteiger partial charge in [-0.05, 0) is 58.0 Å². The van der Waals surface area contributed by atoms with Gasteiger partial charge in [-0.3, -0.25) is 0 Å². The zero-order valence-electron chi connectivity index (χ0n) is 16.1. The number of aliphatic hydroxyl groups excluding tert-OH is 1. The second-order valence-corrected chi connectivity index (χ2v) is 7.57. The third-order valence-electron chi connectivity index (χ3n) is 5.54. The van der Waals surface area contributed by atoms with Gasteiger partial charge in [-0.1, -0.05) is 11.2 Å². The number of aryl methyl sites for hydroxylation is 2. The number of benzene rings is 1. The van der Waals surface area contributed by atoms with E-state index in [0.717, 1.165) is 58.9 Å². The maximum absolute atomic E-state index is 9.36. The molecule has 1 saturated heterocycles. The molecule has 3 aromatic rings. The van der Waals surface area contributed by atoms with Crippen LogP contribution in [0.3, 0.4) is 0 Å². The van der Waals surface area contributed by atoms with Crippen molar-refractivity contribution in [2.24, 2.45) is 5.73 Å². The Bertz CT molecular complexity index is 941. The summed E-state index contributed by atoms with van der Waals surface area (Å²) in [5, 5.41) is 13.4. The van der Waals surface area contributed by atoms with E-state index in [1.807, 2.05) is 13.8 Å². The topological polar surface area (TPSA) is 93.3 Å². The van der Waals surface area contributed by atoms with Crippen molar-refractivity contribution in [2.45, 2.75) is 38.8 Å². The van der Waals surface area contributed by atoms with E-state index in [1.54, 1.807) is 0 Å². The van der Waals surface area contributed by atoms with Gasteiger partial charge in [-0.25, -0.2) is 4.98 Å². The molecular weight excluding hydrogens is 342 g/mol. The molecular formula is C20H27N5O2. The molecule has 1 aliphatic rings. The first-order chi connectivity index (χ1) is 13.0. The van der Waals surface area contributed by atoms with Crippen LogP contribution in [0.25, 0.3) is 22.2 Å². The number of nitrogens with two attached hydrogens (primary N) is 1. The fraction of sp³-hybridized carbons (Fsp3) is 0.500. The zero-order valence-corrected chi connectivity index (χ0v) is 16.1. The molecule has 0 radical (unpaired) electrons. The van der Waals surface area contributed by atoms with Gasteiger partial charge in [0.05, 0.1) is 22.8 Å². The number of rotatable bonds is 5. The van der Waals surface area contributed by atoms with Gasteiger partial charge in [0.2, 0.25) is 0 Å². The van der Waals surface area contributed by atoms with Crippen LogP contribution in [0.2, 0.25) is 0 Å². The van der Waals surface area contributed by atoms with E-state index in [1.165, 1.54) is 0 Å². The average Bonchev–Trinajstić information content (AvgIpc) is 3.31. The predicted octanol–water partition coefficient (Wildman–Crippen LogP) is 2.57. The highest BCUT2D eigenvalue weighted by atomic mass is 16.5. The highest BCUT2D eigenvalue weighted by Gasteiger charge is 2.27. The average molecular weight is 369 g/mol. The molecule has 0 amide bonds. The summed E-state index contributed by atoms with van der Waals surface area (Å²) in [5.74, 6) is 1.66. The van der Waals surface area contributed by atoms with Gasteiger partial charge in [0.1, 0.15) is 11.6 Å². The number of fused-ring (bicyclic) bond motifs is 1. The Balaban J connectivity index is 1.85. The lowest BCUT2D eigenvalue weighted by molar-refractivity contribution is 0.272. The van der Waals surface area contributed by atoms with Crippen molar-refractivity contribution in [3.63, 3.8) is 0 Å². The predicted molar refractivity (Wildman–Crippen MR) is 104 cm³/mol. The molecule has 144 valence electrons. The van der Waals surface area contributed by atoms with Crippen LogP contribution >= 0.6 is 0 Å². The molecule has 3 N–H and O–H groups in total. The van der Waals surface area contributed by atoms with Crippen molar-refractivity contribution in [2.75, 3.05) is 26.7 Å². The van der Waals surface area contributed by atoms with Crippen LogP contribution in [-0.2, 0) is 0 Å². The van der Waals surface area contributed by atoms with Crippen molar-refractivity contribution >= 4 is 11.0 Å². The van der Waals surface area contributed by atoms with Crippen LogP contribution in [-0.4, -0.2) is 51.5 Å². The summed E-state index contributed by atoms with van der Waals surface area (Å²) in [6.07, 6.45) is 1.58. The fourth-order valence-corrected chi connectivity index (χ4v) is 4.20. The molecule has 7 nitrogen and oxygen atoms in total. The number of aliphatic hydroxyl groups is 1. The van der Waals surface area contributed by atoms with Crippen LogP contribution in [0, 0.1) is 13.8 Å². The number of imidazole rings is 1. The van der Waals surface area contributed by atoms with Crippen molar-refractivity contribution in [3.05, 3.63) is 35.5 Å². The van der Waals surface area contributed by atoms with E-state index in [9.17, 15) is 5.11 Å². The lowest BCUT2D eigenvalue weighted by atomic mass is 10.0. The molecule has 0 unspecified atom stereocenters. The fourth-order valence-electron chi connectivity index (χ4n) is 4.20. The van der Waals surface area contributed by atoms with E-state index in [2.05, 4.69) is 39.9 Å². The van der Waals surface area contributed by atoms with E-state index in [0.29, 0.717) is 12.5 Å². The Kier molecular flexibility index (Phi) is 4.75. The molecule has 0 saturated carbocycles. The Morgan fingerprint density at radius 1 is 1.37 bits per heavy atom. The van der Waals surface area contributed by atoms with Crippen molar-refractivity contribution in [3.8, 4) is 11.1 Å². The minimum Gasteiger partial charge on any atom is -0.396 e. The Hall–Kier alpha value is -2.22. The molecule has 2 aromatic heterocycles. The minimum atomic E-state index is -0.282. The second-order valence-electron chi connectivity index (χ2n) is 7.57. The molecule has 4 rings (SSSR count). The maximum Gasteiger partial charge on any atom is 0.141 e. The molecule has 1 fully saturated rings. The van der Waals surface area contributed by atoms with E-state index in [-0.39, 0.29) is 12.6 Å². The highest BCUT2D eigenvalue weighted by Crippen LogP contribution is 2.34. The number of likely N-dealkylation sites (N-methyl/N-ethyl adjacent to an activating group) is 1. The summed E-state index contributed by atoms with van der Waals surface area (Å²) in [6, 6.07) is 6.39. The Labute approximate surface area is 158 Å². The van der Waals surface area contributed by atoms with Crippen LogP contribution < -0.4 is 5.73 Å². The van der Waals surface area contributed by atoms with Gasteiger partial charge in [-0.15, -0.1) is 0 Å². The lowest BCUT2D eigenvalue weighted by Crippen LogP contribution is -2.22. The first-order valence-electron chi connectivity index (χ1n) is 9.49. The standard InChI is InChI=1S/C20H27N5O2/c1-12-19(13(2)27-23-12)14-4-5-18-17(10-14)22-20(16(21)7-9-26)25(18)15-6-8-24(3)11-15/h4-5,10,15-16,26H,6-9,11,21H2,1-3H3/t15-,16+/m1/s1. The third-order valence-corrected chi connectivity index (χ3v) is 5.54. The molecule has 0 spiro atoms. The van der Waals surface area contributed by atoms with E-state index in [4.69, 9.17) is 15.2 Å². The van der Waals surface area contributed by atoms with Crippen molar-refractivity contribution in [1.29, 1.82) is 0 Å². The molecule has 0 bridgehead atoms.